The number of rotatable bonds is 2. The summed E-state index contributed by atoms with van der Waals surface area (Å²) in [5.74, 6) is 0.304. The van der Waals surface area contributed by atoms with Crippen molar-refractivity contribution in [2.24, 2.45) is 0 Å². The maximum absolute atomic E-state index is 13.1. The molecule has 0 radical (unpaired) electrons. The summed E-state index contributed by atoms with van der Waals surface area (Å²) in [5, 5.41) is 4.08. The predicted molar refractivity (Wildman–Crippen MR) is 81.0 cm³/mol. The van der Waals surface area contributed by atoms with Gasteiger partial charge in [0.15, 0.2) is 0 Å². The lowest BCUT2D eigenvalue weighted by Gasteiger charge is -2.39. The summed E-state index contributed by atoms with van der Waals surface area (Å²) in [6.07, 6.45) is 4.00. The fraction of sp³-hybridized carbons (Fsp3) is 0.562. The molecule has 2 aliphatic rings. The van der Waals surface area contributed by atoms with Gasteiger partial charge in [-0.05, 0) is 56.5 Å². The number of carbonyl (C=O) groups excluding carboxylic acids is 1. The van der Waals surface area contributed by atoms with E-state index in [-0.39, 0.29) is 5.41 Å². The van der Waals surface area contributed by atoms with Gasteiger partial charge in [0, 0.05) is 18.1 Å². The largest absolute Gasteiger partial charge is 0.342 e. The van der Waals surface area contributed by atoms with Crippen LogP contribution in [0.25, 0.3) is 0 Å². The number of hydrogen-bond donors (Lipinski definition) is 1. The van der Waals surface area contributed by atoms with E-state index in [1.165, 1.54) is 0 Å². The monoisotopic (exact) mass is 292 g/mol. The lowest BCUT2D eigenvalue weighted by molar-refractivity contribution is -0.137. The zero-order valence-electron chi connectivity index (χ0n) is 11.7. The summed E-state index contributed by atoms with van der Waals surface area (Å²) in [7, 11) is 0. The van der Waals surface area contributed by atoms with Gasteiger partial charge < -0.3 is 10.2 Å². The molecule has 0 spiro atoms. The van der Waals surface area contributed by atoms with Crippen LogP contribution in [0.2, 0.25) is 5.02 Å². The molecule has 1 amide bonds. The van der Waals surface area contributed by atoms with Crippen molar-refractivity contribution in [2.45, 2.75) is 31.1 Å². The van der Waals surface area contributed by atoms with Crippen molar-refractivity contribution < 1.29 is 4.79 Å². The molecule has 0 aliphatic carbocycles. The van der Waals surface area contributed by atoms with Crippen molar-refractivity contribution in [2.75, 3.05) is 26.2 Å². The molecule has 1 N–H and O–H groups in total. The van der Waals surface area contributed by atoms with Gasteiger partial charge in [-0.2, -0.15) is 0 Å². The summed E-state index contributed by atoms with van der Waals surface area (Å²) in [6.45, 7) is 3.61. The van der Waals surface area contributed by atoms with E-state index in [4.69, 9.17) is 11.6 Å². The Morgan fingerprint density at radius 2 is 1.90 bits per heavy atom. The van der Waals surface area contributed by atoms with E-state index in [1.54, 1.807) is 0 Å². The molecule has 0 atom stereocenters. The van der Waals surface area contributed by atoms with Crippen LogP contribution in [0.3, 0.4) is 0 Å². The van der Waals surface area contributed by atoms with Crippen molar-refractivity contribution in [1.29, 1.82) is 0 Å². The first-order valence-corrected chi connectivity index (χ1v) is 7.86. The van der Waals surface area contributed by atoms with Crippen LogP contribution in [0.4, 0.5) is 0 Å². The molecule has 1 aromatic rings. The molecule has 0 bridgehead atoms. The summed E-state index contributed by atoms with van der Waals surface area (Å²) in [4.78, 5) is 15.1. The summed E-state index contributed by atoms with van der Waals surface area (Å²) < 4.78 is 0. The van der Waals surface area contributed by atoms with Gasteiger partial charge in [-0.15, -0.1) is 0 Å². The Bertz CT molecular complexity index is 491. The van der Waals surface area contributed by atoms with Gasteiger partial charge in [-0.25, -0.2) is 0 Å². The van der Waals surface area contributed by atoms with Crippen LogP contribution in [-0.4, -0.2) is 37.0 Å². The molecule has 2 saturated heterocycles. The second-order valence-electron chi connectivity index (χ2n) is 5.84. The van der Waals surface area contributed by atoms with E-state index in [0.717, 1.165) is 62.4 Å². The number of hydrogen-bond acceptors (Lipinski definition) is 2. The van der Waals surface area contributed by atoms with Crippen LogP contribution in [-0.2, 0) is 10.2 Å². The van der Waals surface area contributed by atoms with Crippen molar-refractivity contribution in [3.63, 3.8) is 0 Å². The maximum atomic E-state index is 13.1. The van der Waals surface area contributed by atoms with Crippen molar-refractivity contribution in [3.05, 3.63) is 34.9 Å². The smallest absolute Gasteiger partial charge is 0.233 e. The molecule has 4 heteroatoms. The van der Waals surface area contributed by atoms with Crippen LogP contribution >= 0.6 is 11.6 Å². The summed E-state index contributed by atoms with van der Waals surface area (Å²) in [6, 6.07) is 7.87. The zero-order chi connectivity index (χ0) is 14.0. The highest BCUT2D eigenvalue weighted by Gasteiger charge is 2.44. The number of carbonyl (C=O) groups is 1. The highest BCUT2D eigenvalue weighted by atomic mass is 35.5. The molecule has 2 fully saturated rings. The van der Waals surface area contributed by atoms with Crippen molar-refractivity contribution in [1.82, 2.24) is 10.2 Å². The van der Waals surface area contributed by atoms with Gasteiger partial charge in [0.05, 0.1) is 5.41 Å². The SMILES string of the molecule is O=C(N1CCCC1)C1(c2cccc(Cl)c2)CCNCC1. The third kappa shape index (κ3) is 2.45. The highest BCUT2D eigenvalue weighted by Crippen LogP contribution is 2.37. The summed E-state index contributed by atoms with van der Waals surface area (Å²) in [5.41, 5.74) is 0.712. The van der Waals surface area contributed by atoms with Crippen LogP contribution in [0.5, 0.6) is 0 Å². The topological polar surface area (TPSA) is 32.3 Å². The first kappa shape index (κ1) is 13.9. The third-order valence-corrected chi connectivity index (χ3v) is 4.87. The summed E-state index contributed by atoms with van der Waals surface area (Å²) >= 11 is 6.15. The van der Waals surface area contributed by atoms with Crippen LogP contribution in [0.1, 0.15) is 31.2 Å². The molecule has 0 saturated carbocycles. The number of halogens is 1. The zero-order valence-corrected chi connectivity index (χ0v) is 12.5. The van der Waals surface area contributed by atoms with Gasteiger partial charge in [0.1, 0.15) is 0 Å². The molecule has 0 unspecified atom stereocenters. The lowest BCUT2D eigenvalue weighted by atomic mass is 9.72. The van der Waals surface area contributed by atoms with E-state index in [1.807, 2.05) is 23.1 Å². The van der Waals surface area contributed by atoms with Gasteiger partial charge in [0.25, 0.3) is 0 Å². The first-order chi connectivity index (χ1) is 9.72. The molecule has 108 valence electrons. The maximum Gasteiger partial charge on any atom is 0.233 e. The number of piperidine rings is 1. The van der Waals surface area contributed by atoms with Gasteiger partial charge in [-0.1, -0.05) is 23.7 Å². The molecular weight excluding hydrogens is 272 g/mol. The van der Waals surface area contributed by atoms with E-state index in [9.17, 15) is 4.79 Å². The quantitative estimate of drug-likeness (QED) is 0.909. The minimum Gasteiger partial charge on any atom is -0.342 e. The Kier molecular flexibility index (Phi) is 3.99. The average Bonchev–Trinajstić information content (AvgIpc) is 3.01. The van der Waals surface area contributed by atoms with Crippen molar-refractivity contribution >= 4 is 17.5 Å². The van der Waals surface area contributed by atoms with E-state index < -0.39 is 0 Å². The molecule has 3 nitrogen and oxygen atoms in total. The Labute approximate surface area is 125 Å². The first-order valence-electron chi connectivity index (χ1n) is 7.48. The molecule has 2 heterocycles. The number of likely N-dealkylation sites (tertiary alicyclic amines) is 1. The fourth-order valence-corrected chi connectivity index (χ4v) is 3.68. The highest BCUT2D eigenvalue weighted by molar-refractivity contribution is 6.30. The predicted octanol–water partition coefficient (Wildman–Crippen LogP) is 2.58. The minimum absolute atomic E-state index is 0.304. The second kappa shape index (κ2) is 5.74. The Morgan fingerprint density at radius 1 is 1.20 bits per heavy atom. The molecule has 2 aliphatic heterocycles. The fourth-order valence-electron chi connectivity index (χ4n) is 3.49. The molecule has 0 aromatic heterocycles. The van der Waals surface area contributed by atoms with Gasteiger partial charge >= 0.3 is 0 Å². The Morgan fingerprint density at radius 3 is 2.55 bits per heavy atom. The normalized spacial score (nSPS) is 21.9. The van der Waals surface area contributed by atoms with E-state index >= 15 is 0 Å². The van der Waals surface area contributed by atoms with E-state index in [0.29, 0.717) is 5.91 Å². The van der Waals surface area contributed by atoms with Crippen molar-refractivity contribution in [3.8, 4) is 0 Å². The average molecular weight is 293 g/mol. The molecule has 3 rings (SSSR count). The number of nitrogens with one attached hydrogen (secondary N) is 1. The van der Waals surface area contributed by atoms with Gasteiger partial charge in [0.2, 0.25) is 5.91 Å². The second-order valence-corrected chi connectivity index (χ2v) is 6.28. The van der Waals surface area contributed by atoms with E-state index in [2.05, 4.69) is 11.4 Å². The van der Waals surface area contributed by atoms with Crippen LogP contribution < -0.4 is 5.32 Å². The number of nitrogens with zero attached hydrogens (tertiary/aromatic N) is 1. The number of amides is 1. The van der Waals surface area contributed by atoms with Crippen LogP contribution in [0, 0.1) is 0 Å². The molecule has 1 aromatic carbocycles. The Balaban J connectivity index is 1.97. The Hall–Kier alpha value is -1.06. The van der Waals surface area contributed by atoms with Gasteiger partial charge in [-0.3, -0.25) is 4.79 Å². The minimum atomic E-state index is -0.375. The lowest BCUT2D eigenvalue weighted by Crippen LogP contribution is -2.51. The number of benzene rings is 1. The third-order valence-electron chi connectivity index (χ3n) is 4.64. The molecule has 20 heavy (non-hydrogen) atoms. The standard InChI is InChI=1S/C16H21ClN2O/c17-14-5-3-4-13(12-14)16(6-8-18-9-7-16)15(20)19-10-1-2-11-19/h3-5,12,18H,1-2,6-11H2. The molecular formula is C16H21ClN2O. The van der Waals surface area contributed by atoms with Crippen LogP contribution in [0.15, 0.2) is 24.3 Å².